The van der Waals surface area contributed by atoms with Gasteiger partial charge in [0.25, 0.3) is 0 Å². The molecule has 150 valence electrons. The molecule has 1 aliphatic heterocycles. The lowest BCUT2D eigenvalue weighted by molar-refractivity contribution is 0.0696. The summed E-state index contributed by atoms with van der Waals surface area (Å²) < 4.78 is 5.69. The Morgan fingerprint density at radius 2 is 1.93 bits per heavy atom. The van der Waals surface area contributed by atoms with Gasteiger partial charge in [0.05, 0.1) is 18.2 Å². The zero-order chi connectivity index (χ0) is 21.1. The number of nitrogens with zero attached hydrogens (tertiary/aromatic N) is 1. The smallest absolute Gasteiger partial charge is 0.335 e. The van der Waals surface area contributed by atoms with E-state index in [9.17, 15) is 9.59 Å². The minimum absolute atomic E-state index is 0.213. The van der Waals surface area contributed by atoms with Crippen LogP contribution >= 0.6 is 0 Å². The molecule has 3 aromatic rings. The molecular formula is C24H20N2O4. The summed E-state index contributed by atoms with van der Waals surface area (Å²) in [6.07, 6.45) is 0.619. The minimum atomic E-state index is -0.978. The second kappa shape index (κ2) is 8.18. The predicted octanol–water partition coefficient (Wildman–Crippen LogP) is 4.68. The van der Waals surface area contributed by atoms with Gasteiger partial charge in [-0.1, -0.05) is 48.4 Å². The van der Waals surface area contributed by atoms with Gasteiger partial charge in [-0.15, -0.1) is 0 Å². The largest absolute Gasteiger partial charge is 0.478 e. The Bertz CT molecular complexity index is 1140. The van der Waals surface area contributed by atoms with Crippen LogP contribution in [0.4, 0.5) is 10.7 Å². The van der Waals surface area contributed by atoms with E-state index in [1.807, 2.05) is 43.3 Å². The first-order valence-electron chi connectivity index (χ1n) is 9.57. The number of aromatic carboxylic acids is 1. The zero-order valence-electron chi connectivity index (χ0n) is 16.4. The number of benzene rings is 2. The molecule has 0 radical (unpaired) electrons. The summed E-state index contributed by atoms with van der Waals surface area (Å²) in [5.41, 5.74) is 3.05. The van der Waals surface area contributed by atoms with E-state index in [2.05, 4.69) is 17.2 Å². The number of amides is 2. The Balaban J connectivity index is 1.48. The van der Waals surface area contributed by atoms with Crippen molar-refractivity contribution < 1.29 is 19.1 Å². The zero-order valence-corrected chi connectivity index (χ0v) is 16.4. The SMILES string of the molecule is CC(c1ccc(C(=O)O)cc1)N1Cc2cc(C#CCc3ccccc3)oc2NC1=O. The van der Waals surface area contributed by atoms with E-state index >= 15 is 0 Å². The van der Waals surface area contributed by atoms with Crippen molar-refractivity contribution >= 4 is 17.9 Å². The molecule has 2 N–H and O–H groups in total. The van der Waals surface area contributed by atoms with Crippen molar-refractivity contribution in [2.45, 2.75) is 25.9 Å². The molecule has 1 atom stereocenters. The van der Waals surface area contributed by atoms with Crippen LogP contribution in [-0.2, 0) is 13.0 Å². The number of carbonyl (C=O) groups excluding carboxylic acids is 1. The van der Waals surface area contributed by atoms with E-state index in [4.69, 9.17) is 9.52 Å². The fourth-order valence-corrected chi connectivity index (χ4v) is 3.36. The van der Waals surface area contributed by atoms with Crippen molar-refractivity contribution in [2.24, 2.45) is 0 Å². The number of carboxylic acid groups (broad SMARTS) is 1. The van der Waals surface area contributed by atoms with E-state index in [1.54, 1.807) is 29.2 Å². The lowest BCUT2D eigenvalue weighted by atomic mass is 10.0. The average Bonchev–Trinajstić information content (AvgIpc) is 3.15. The molecule has 0 saturated carbocycles. The summed E-state index contributed by atoms with van der Waals surface area (Å²) in [7, 11) is 0. The van der Waals surface area contributed by atoms with Crippen LogP contribution in [-0.4, -0.2) is 22.0 Å². The molecule has 1 unspecified atom stereocenters. The van der Waals surface area contributed by atoms with Gasteiger partial charge in [0, 0.05) is 18.1 Å². The van der Waals surface area contributed by atoms with Crippen LogP contribution in [0, 0.1) is 11.8 Å². The van der Waals surface area contributed by atoms with Gasteiger partial charge in [-0.3, -0.25) is 5.32 Å². The fourth-order valence-electron chi connectivity index (χ4n) is 3.36. The molecule has 0 saturated heterocycles. The maximum Gasteiger partial charge on any atom is 0.335 e. The van der Waals surface area contributed by atoms with Gasteiger partial charge in [-0.2, -0.15) is 0 Å². The molecule has 0 aliphatic carbocycles. The molecule has 0 bridgehead atoms. The summed E-state index contributed by atoms with van der Waals surface area (Å²) in [6.45, 7) is 2.29. The Morgan fingerprint density at radius 1 is 1.20 bits per heavy atom. The van der Waals surface area contributed by atoms with Gasteiger partial charge < -0.3 is 14.4 Å². The first-order chi connectivity index (χ1) is 14.5. The molecule has 2 heterocycles. The number of nitrogens with one attached hydrogen (secondary N) is 1. The highest BCUT2D eigenvalue weighted by Crippen LogP contribution is 2.32. The number of anilines is 1. The van der Waals surface area contributed by atoms with Gasteiger partial charge in [0.2, 0.25) is 5.88 Å². The number of carboxylic acids is 1. The van der Waals surface area contributed by atoms with Crippen molar-refractivity contribution in [3.05, 3.63) is 88.7 Å². The van der Waals surface area contributed by atoms with Crippen molar-refractivity contribution in [1.29, 1.82) is 0 Å². The number of hydrogen-bond donors (Lipinski definition) is 2. The first kappa shape index (κ1) is 19.3. The first-order valence-corrected chi connectivity index (χ1v) is 9.57. The van der Waals surface area contributed by atoms with E-state index < -0.39 is 5.97 Å². The van der Waals surface area contributed by atoms with Crippen molar-refractivity contribution in [2.75, 3.05) is 5.32 Å². The van der Waals surface area contributed by atoms with Gasteiger partial charge in [0.1, 0.15) is 0 Å². The molecule has 30 heavy (non-hydrogen) atoms. The Hall–Kier alpha value is -3.98. The van der Waals surface area contributed by atoms with E-state index in [1.165, 1.54) is 0 Å². The summed E-state index contributed by atoms with van der Waals surface area (Å²) in [4.78, 5) is 25.3. The Morgan fingerprint density at radius 3 is 2.63 bits per heavy atom. The molecule has 2 aromatic carbocycles. The van der Waals surface area contributed by atoms with E-state index in [0.29, 0.717) is 24.6 Å². The Labute approximate surface area is 174 Å². The number of rotatable bonds is 4. The molecule has 1 aliphatic rings. The molecule has 0 fully saturated rings. The standard InChI is InChI=1S/C24H20N2O4/c1-16(18-10-12-19(13-11-18)23(27)28)26-15-20-14-21(30-22(20)25-24(26)29)9-5-8-17-6-3-2-4-7-17/h2-4,6-7,10-14,16H,8,15H2,1H3,(H,25,29)(H,27,28). The predicted molar refractivity (Wildman–Crippen MR) is 112 cm³/mol. The monoisotopic (exact) mass is 400 g/mol. The Kier molecular flexibility index (Phi) is 5.27. The van der Waals surface area contributed by atoms with Gasteiger partial charge in [-0.05, 0) is 36.1 Å². The molecule has 6 nitrogen and oxygen atoms in total. The van der Waals surface area contributed by atoms with Crippen LogP contribution in [0.3, 0.4) is 0 Å². The van der Waals surface area contributed by atoms with Gasteiger partial charge in [-0.25, -0.2) is 9.59 Å². The van der Waals surface area contributed by atoms with Crippen LogP contribution in [0.15, 0.2) is 65.1 Å². The lowest BCUT2D eigenvalue weighted by Gasteiger charge is -2.32. The average molecular weight is 400 g/mol. The molecule has 4 rings (SSSR count). The minimum Gasteiger partial charge on any atom is -0.478 e. The maximum atomic E-state index is 12.6. The van der Waals surface area contributed by atoms with E-state index in [-0.39, 0.29) is 17.6 Å². The number of furan rings is 1. The fraction of sp³-hybridized carbons (Fsp3) is 0.167. The highest BCUT2D eigenvalue weighted by Gasteiger charge is 2.30. The normalized spacial score (nSPS) is 13.6. The highest BCUT2D eigenvalue weighted by molar-refractivity contribution is 5.91. The van der Waals surface area contributed by atoms with Crippen LogP contribution in [0.1, 0.15) is 45.8 Å². The molecule has 2 amide bonds. The number of urea groups is 1. The summed E-state index contributed by atoms with van der Waals surface area (Å²) in [5.74, 6) is 6.07. The highest BCUT2D eigenvalue weighted by atomic mass is 16.4. The number of hydrogen-bond acceptors (Lipinski definition) is 3. The summed E-state index contributed by atoms with van der Waals surface area (Å²) in [5, 5.41) is 11.8. The summed E-state index contributed by atoms with van der Waals surface area (Å²) in [6, 6.07) is 17.8. The van der Waals surface area contributed by atoms with Crippen molar-refractivity contribution in [1.82, 2.24) is 4.90 Å². The molecule has 6 heteroatoms. The second-order valence-corrected chi connectivity index (χ2v) is 7.09. The van der Waals surface area contributed by atoms with Crippen LogP contribution < -0.4 is 5.32 Å². The lowest BCUT2D eigenvalue weighted by Crippen LogP contribution is -2.39. The number of fused-ring (bicyclic) bond motifs is 1. The topological polar surface area (TPSA) is 82.8 Å². The third-order valence-corrected chi connectivity index (χ3v) is 5.09. The quantitative estimate of drug-likeness (QED) is 0.623. The maximum absolute atomic E-state index is 12.6. The van der Waals surface area contributed by atoms with Gasteiger partial charge in [0.15, 0.2) is 5.76 Å². The van der Waals surface area contributed by atoms with Gasteiger partial charge >= 0.3 is 12.0 Å². The summed E-state index contributed by atoms with van der Waals surface area (Å²) >= 11 is 0. The number of carbonyl (C=O) groups is 2. The third-order valence-electron chi connectivity index (χ3n) is 5.09. The molecule has 1 aromatic heterocycles. The molecule has 0 spiro atoms. The van der Waals surface area contributed by atoms with E-state index in [0.717, 1.165) is 16.7 Å². The van der Waals surface area contributed by atoms with Crippen LogP contribution in [0.25, 0.3) is 0 Å². The second-order valence-electron chi connectivity index (χ2n) is 7.09. The van der Waals surface area contributed by atoms with Crippen molar-refractivity contribution in [3.63, 3.8) is 0 Å². The van der Waals surface area contributed by atoms with Crippen LogP contribution in [0.5, 0.6) is 0 Å². The van der Waals surface area contributed by atoms with Crippen molar-refractivity contribution in [3.8, 4) is 11.8 Å². The molecular weight excluding hydrogens is 380 g/mol. The third kappa shape index (κ3) is 4.06. The van der Waals surface area contributed by atoms with Crippen LogP contribution in [0.2, 0.25) is 0 Å².